The maximum Gasteiger partial charge on any atom is 0.490 e. The van der Waals surface area contributed by atoms with Crippen LogP contribution in [0, 0.1) is 5.41 Å². The van der Waals surface area contributed by atoms with Gasteiger partial charge in [0.2, 0.25) is 5.88 Å². The molecule has 0 amide bonds. The Labute approximate surface area is 141 Å². The molecule has 0 bridgehead atoms. The molecule has 1 saturated carbocycles. The molecule has 0 unspecified atom stereocenters. The molecular formula is C16H16F3N3O3. The average molecular weight is 355 g/mol. The minimum absolute atomic E-state index is 0.324. The van der Waals surface area contributed by atoms with E-state index < -0.39 is 12.1 Å². The predicted molar refractivity (Wildman–Crippen MR) is 82.2 cm³/mol. The predicted octanol–water partition coefficient (Wildman–Crippen LogP) is 2.39. The van der Waals surface area contributed by atoms with Crippen molar-refractivity contribution in [2.24, 2.45) is 5.41 Å². The van der Waals surface area contributed by atoms with Gasteiger partial charge < -0.3 is 15.2 Å². The van der Waals surface area contributed by atoms with Crippen LogP contribution >= 0.6 is 0 Å². The SMILES string of the molecule is O=C(O)C(F)(F)F.c1ccc2c(OC3CC4(CNC4)C3)ncnc2c1. The zero-order valence-corrected chi connectivity index (χ0v) is 13.1. The number of carboxylic acid groups (broad SMARTS) is 1. The van der Waals surface area contributed by atoms with Gasteiger partial charge in [0, 0.05) is 18.5 Å². The molecule has 2 N–H and O–H groups in total. The summed E-state index contributed by atoms with van der Waals surface area (Å²) in [6.07, 6.45) is -0.876. The Morgan fingerprint density at radius 3 is 2.44 bits per heavy atom. The molecule has 9 heteroatoms. The van der Waals surface area contributed by atoms with Gasteiger partial charge in [0.05, 0.1) is 10.9 Å². The molecule has 25 heavy (non-hydrogen) atoms. The van der Waals surface area contributed by atoms with Gasteiger partial charge in [-0.2, -0.15) is 13.2 Å². The quantitative estimate of drug-likeness (QED) is 0.861. The van der Waals surface area contributed by atoms with Gasteiger partial charge in [-0.15, -0.1) is 0 Å². The standard InChI is InChI=1S/C14H15N3O.C2HF3O2/c1-2-4-12-11(3-1)13(17-9-16-12)18-10-5-14(6-10)7-15-8-14;3-2(4,5)1(6)7/h1-4,9-10,15H,5-8H2;(H,6,7). The summed E-state index contributed by atoms with van der Waals surface area (Å²) in [7, 11) is 0. The lowest BCUT2D eigenvalue weighted by Crippen LogP contribution is -2.62. The van der Waals surface area contributed by atoms with Crippen molar-refractivity contribution in [2.75, 3.05) is 13.1 Å². The Balaban J connectivity index is 0.000000225. The Hall–Kier alpha value is -2.42. The Bertz CT molecular complexity index is 765. The van der Waals surface area contributed by atoms with Crippen LogP contribution in [-0.2, 0) is 4.79 Å². The van der Waals surface area contributed by atoms with Crippen LogP contribution in [0.25, 0.3) is 10.9 Å². The zero-order chi connectivity index (χ0) is 18.1. The highest BCUT2D eigenvalue weighted by Gasteiger charge is 2.49. The number of para-hydroxylation sites is 1. The van der Waals surface area contributed by atoms with Gasteiger partial charge in [-0.25, -0.2) is 14.8 Å². The van der Waals surface area contributed by atoms with Crippen LogP contribution in [0.15, 0.2) is 30.6 Å². The molecule has 2 fully saturated rings. The number of hydrogen-bond acceptors (Lipinski definition) is 5. The number of nitrogens with zero attached hydrogens (tertiary/aromatic N) is 2. The monoisotopic (exact) mass is 355 g/mol. The minimum Gasteiger partial charge on any atom is -0.475 e. The van der Waals surface area contributed by atoms with Crippen molar-refractivity contribution in [3.63, 3.8) is 0 Å². The van der Waals surface area contributed by atoms with E-state index in [9.17, 15) is 13.2 Å². The number of alkyl halides is 3. The first-order valence-corrected chi connectivity index (χ1v) is 7.66. The molecule has 134 valence electrons. The molecule has 1 saturated heterocycles. The first-order chi connectivity index (χ1) is 11.8. The van der Waals surface area contributed by atoms with Crippen LogP contribution in [0.3, 0.4) is 0 Å². The fraction of sp³-hybridized carbons (Fsp3) is 0.438. The van der Waals surface area contributed by atoms with Gasteiger partial charge >= 0.3 is 12.1 Å². The van der Waals surface area contributed by atoms with Crippen molar-refractivity contribution in [1.29, 1.82) is 0 Å². The first kappa shape index (κ1) is 17.4. The fourth-order valence-electron chi connectivity index (χ4n) is 2.99. The molecule has 2 aliphatic rings. The van der Waals surface area contributed by atoms with Crippen molar-refractivity contribution < 1.29 is 27.8 Å². The second kappa shape index (κ2) is 6.47. The Morgan fingerprint density at radius 1 is 1.24 bits per heavy atom. The van der Waals surface area contributed by atoms with Gasteiger partial charge in [0.25, 0.3) is 0 Å². The lowest BCUT2D eigenvalue weighted by Gasteiger charge is -2.53. The van der Waals surface area contributed by atoms with Gasteiger partial charge in [0.15, 0.2) is 0 Å². The summed E-state index contributed by atoms with van der Waals surface area (Å²) in [5.41, 5.74) is 1.48. The van der Waals surface area contributed by atoms with Crippen LogP contribution in [0.1, 0.15) is 12.8 Å². The van der Waals surface area contributed by atoms with Gasteiger partial charge in [-0.1, -0.05) is 12.1 Å². The summed E-state index contributed by atoms with van der Waals surface area (Å²) >= 11 is 0. The fourth-order valence-corrected chi connectivity index (χ4v) is 2.99. The summed E-state index contributed by atoms with van der Waals surface area (Å²) in [5, 5.41) is 11.5. The molecule has 6 nitrogen and oxygen atoms in total. The first-order valence-electron chi connectivity index (χ1n) is 7.66. The van der Waals surface area contributed by atoms with Crippen molar-refractivity contribution >= 4 is 16.9 Å². The number of ether oxygens (including phenoxy) is 1. The average Bonchev–Trinajstić information content (AvgIpc) is 2.48. The van der Waals surface area contributed by atoms with E-state index in [4.69, 9.17) is 14.6 Å². The lowest BCUT2D eigenvalue weighted by molar-refractivity contribution is -0.192. The van der Waals surface area contributed by atoms with Gasteiger partial charge in [0.1, 0.15) is 12.4 Å². The van der Waals surface area contributed by atoms with Crippen molar-refractivity contribution in [2.45, 2.75) is 25.1 Å². The van der Waals surface area contributed by atoms with Crippen molar-refractivity contribution in [3.05, 3.63) is 30.6 Å². The highest BCUT2D eigenvalue weighted by molar-refractivity contribution is 5.82. The zero-order valence-electron chi connectivity index (χ0n) is 13.1. The highest BCUT2D eigenvalue weighted by Crippen LogP contribution is 2.46. The Kier molecular flexibility index (Phi) is 4.51. The summed E-state index contributed by atoms with van der Waals surface area (Å²) in [6, 6.07) is 7.99. The molecule has 1 aliphatic heterocycles. The van der Waals surface area contributed by atoms with Crippen LogP contribution in [0.2, 0.25) is 0 Å². The largest absolute Gasteiger partial charge is 0.490 e. The molecule has 1 aromatic carbocycles. The van der Waals surface area contributed by atoms with E-state index in [1.807, 2.05) is 24.3 Å². The normalized spacial score (nSPS) is 18.7. The van der Waals surface area contributed by atoms with Crippen LogP contribution in [-0.4, -0.2) is 46.4 Å². The third-order valence-corrected chi connectivity index (χ3v) is 4.35. The number of fused-ring (bicyclic) bond motifs is 1. The molecule has 1 aliphatic carbocycles. The number of aliphatic carboxylic acids is 1. The summed E-state index contributed by atoms with van der Waals surface area (Å²) in [6.45, 7) is 2.30. The number of aromatic nitrogens is 2. The summed E-state index contributed by atoms with van der Waals surface area (Å²) < 4.78 is 37.8. The third-order valence-electron chi connectivity index (χ3n) is 4.35. The number of halogens is 3. The van der Waals surface area contributed by atoms with E-state index in [1.165, 1.54) is 0 Å². The third kappa shape index (κ3) is 3.81. The van der Waals surface area contributed by atoms with E-state index in [1.54, 1.807) is 6.33 Å². The van der Waals surface area contributed by atoms with E-state index >= 15 is 0 Å². The van der Waals surface area contributed by atoms with E-state index in [0.29, 0.717) is 11.5 Å². The number of hydrogen-bond donors (Lipinski definition) is 2. The Morgan fingerprint density at radius 2 is 1.88 bits per heavy atom. The lowest BCUT2D eigenvalue weighted by atomic mass is 9.63. The molecule has 1 spiro atoms. The van der Waals surface area contributed by atoms with Crippen molar-refractivity contribution in [3.8, 4) is 5.88 Å². The summed E-state index contributed by atoms with van der Waals surface area (Å²) in [4.78, 5) is 17.4. The minimum atomic E-state index is -5.08. The van der Waals surface area contributed by atoms with E-state index in [-0.39, 0.29) is 0 Å². The highest BCUT2D eigenvalue weighted by atomic mass is 19.4. The van der Waals surface area contributed by atoms with E-state index in [2.05, 4.69) is 15.3 Å². The number of rotatable bonds is 2. The maximum atomic E-state index is 10.6. The second-order valence-electron chi connectivity index (χ2n) is 6.25. The molecule has 0 atom stereocenters. The molecule has 0 radical (unpaired) electrons. The second-order valence-corrected chi connectivity index (χ2v) is 6.25. The molecular weight excluding hydrogens is 339 g/mol. The smallest absolute Gasteiger partial charge is 0.475 e. The summed E-state index contributed by atoms with van der Waals surface area (Å²) in [5.74, 6) is -2.03. The van der Waals surface area contributed by atoms with Gasteiger partial charge in [-0.3, -0.25) is 0 Å². The topological polar surface area (TPSA) is 84.3 Å². The van der Waals surface area contributed by atoms with Crippen LogP contribution in [0.5, 0.6) is 5.88 Å². The van der Waals surface area contributed by atoms with Crippen LogP contribution < -0.4 is 10.1 Å². The molecule has 4 rings (SSSR count). The van der Waals surface area contributed by atoms with Crippen LogP contribution in [0.4, 0.5) is 13.2 Å². The number of carbonyl (C=O) groups is 1. The number of nitrogens with one attached hydrogen (secondary N) is 1. The number of carboxylic acids is 1. The van der Waals surface area contributed by atoms with Gasteiger partial charge in [-0.05, 0) is 25.0 Å². The maximum absolute atomic E-state index is 10.6. The molecule has 2 heterocycles. The van der Waals surface area contributed by atoms with E-state index in [0.717, 1.165) is 42.7 Å². The van der Waals surface area contributed by atoms with Crippen molar-refractivity contribution in [1.82, 2.24) is 15.3 Å². The molecule has 2 aromatic rings. The number of benzene rings is 1. The molecule has 1 aromatic heterocycles.